The van der Waals surface area contributed by atoms with Crippen molar-refractivity contribution in [2.75, 3.05) is 5.73 Å². The number of nitrogen functional groups attached to an aromatic ring is 1. The number of rotatable bonds is 1. The average molecular weight is 201 g/mol. The fourth-order valence-electron chi connectivity index (χ4n) is 3.26. The normalized spacial score (nSPS) is 33.6. The highest BCUT2D eigenvalue weighted by atomic mass is 16.1. The van der Waals surface area contributed by atoms with Crippen LogP contribution in [-0.4, -0.2) is 5.78 Å². The summed E-state index contributed by atoms with van der Waals surface area (Å²) < 4.78 is 0. The summed E-state index contributed by atoms with van der Waals surface area (Å²) in [6, 6.07) is 7.98. The Hall–Kier alpha value is -1.31. The molecule has 3 atom stereocenters. The minimum Gasteiger partial charge on any atom is -0.398 e. The summed E-state index contributed by atoms with van der Waals surface area (Å²) in [6.07, 6.45) is 3.20. The predicted molar refractivity (Wildman–Crippen MR) is 59.4 cm³/mol. The maximum atomic E-state index is 11.8. The fraction of sp³-hybridized carbons (Fsp3) is 0.462. The number of Topliss-reactive ketones (excluding diaryl/α,β-unsaturated/α-hetero) is 1. The molecule has 0 radical (unpaired) electrons. The van der Waals surface area contributed by atoms with Crippen LogP contribution in [0.25, 0.3) is 0 Å². The first-order chi connectivity index (χ1) is 7.27. The van der Waals surface area contributed by atoms with E-state index in [0.717, 1.165) is 24.9 Å². The first-order valence-corrected chi connectivity index (χ1v) is 5.65. The van der Waals surface area contributed by atoms with Crippen LogP contribution < -0.4 is 5.73 Å². The Morgan fingerprint density at radius 3 is 2.53 bits per heavy atom. The molecule has 2 aliphatic rings. The van der Waals surface area contributed by atoms with Crippen molar-refractivity contribution < 1.29 is 4.79 Å². The van der Waals surface area contributed by atoms with Gasteiger partial charge in [-0.25, -0.2) is 0 Å². The lowest BCUT2D eigenvalue weighted by Crippen LogP contribution is -2.12. The Morgan fingerprint density at radius 1 is 1.13 bits per heavy atom. The molecule has 2 saturated carbocycles. The molecule has 0 saturated heterocycles. The summed E-state index contributed by atoms with van der Waals surface area (Å²) in [6.45, 7) is 0. The number of fused-ring (bicyclic) bond motifs is 2. The molecule has 2 fully saturated rings. The lowest BCUT2D eigenvalue weighted by atomic mass is 9.83. The highest BCUT2D eigenvalue weighted by Gasteiger charge is 2.47. The Morgan fingerprint density at radius 2 is 1.93 bits per heavy atom. The highest BCUT2D eigenvalue weighted by molar-refractivity contribution is 5.89. The molecule has 2 N–H and O–H groups in total. The van der Waals surface area contributed by atoms with Gasteiger partial charge in [-0.05, 0) is 36.8 Å². The summed E-state index contributed by atoms with van der Waals surface area (Å²) in [5, 5.41) is 0. The van der Waals surface area contributed by atoms with E-state index in [1.54, 1.807) is 0 Å². The van der Waals surface area contributed by atoms with Gasteiger partial charge in [-0.15, -0.1) is 0 Å². The first-order valence-electron chi connectivity index (χ1n) is 5.65. The van der Waals surface area contributed by atoms with Crippen LogP contribution in [0.5, 0.6) is 0 Å². The summed E-state index contributed by atoms with van der Waals surface area (Å²) in [5.41, 5.74) is 8.01. The molecule has 78 valence electrons. The van der Waals surface area contributed by atoms with Crippen molar-refractivity contribution >= 4 is 11.5 Å². The van der Waals surface area contributed by atoms with E-state index < -0.39 is 0 Å². The summed E-state index contributed by atoms with van der Waals surface area (Å²) >= 11 is 0. The molecule has 0 unspecified atom stereocenters. The number of anilines is 1. The molecule has 3 rings (SSSR count). The molecule has 1 aromatic rings. The quantitative estimate of drug-likeness (QED) is 0.709. The molecule has 0 spiro atoms. The van der Waals surface area contributed by atoms with Crippen LogP contribution in [-0.2, 0) is 4.79 Å². The van der Waals surface area contributed by atoms with Gasteiger partial charge >= 0.3 is 0 Å². The second kappa shape index (κ2) is 3.09. The van der Waals surface area contributed by atoms with Crippen LogP contribution in [0.1, 0.15) is 30.7 Å². The number of ketones is 1. The Bertz CT molecular complexity index is 413. The van der Waals surface area contributed by atoms with Gasteiger partial charge in [0.25, 0.3) is 0 Å². The van der Waals surface area contributed by atoms with Crippen LogP contribution in [0.2, 0.25) is 0 Å². The molecule has 0 aliphatic heterocycles. The van der Waals surface area contributed by atoms with Crippen molar-refractivity contribution in [1.82, 2.24) is 0 Å². The van der Waals surface area contributed by atoms with E-state index in [4.69, 9.17) is 5.73 Å². The minimum absolute atomic E-state index is 0.264. The molecule has 15 heavy (non-hydrogen) atoms. The molecule has 2 bridgehead atoms. The van der Waals surface area contributed by atoms with Gasteiger partial charge in [0.2, 0.25) is 0 Å². The zero-order valence-corrected chi connectivity index (χ0v) is 8.65. The van der Waals surface area contributed by atoms with Crippen molar-refractivity contribution in [3.05, 3.63) is 29.8 Å². The van der Waals surface area contributed by atoms with Crippen LogP contribution in [0.4, 0.5) is 5.69 Å². The van der Waals surface area contributed by atoms with Gasteiger partial charge in [-0.3, -0.25) is 4.79 Å². The van der Waals surface area contributed by atoms with Gasteiger partial charge in [0, 0.05) is 17.5 Å². The monoisotopic (exact) mass is 201 g/mol. The zero-order chi connectivity index (χ0) is 10.4. The van der Waals surface area contributed by atoms with Crippen LogP contribution >= 0.6 is 0 Å². The third kappa shape index (κ3) is 1.21. The molecular formula is C13H15NO. The number of hydrogen-bond donors (Lipinski definition) is 1. The third-order valence-electron chi connectivity index (χ3n) is 4.01. The number of para-hydroxylation sites is 1. The standard InChI is InChI=1S/C13H15NO/c14-12-4-2-1-3-9(12)11-7-8-5-6-10(11)13(8)15/h1-4,8,10-11H,5-7,14H2/t8-,10+,11-/m1/s1. The average Bonchev–Trinajstić information content (AvgIpc) is 2.75. The van der Waals surface area contributed by atoms with E-state index in [2.05, 4.69) is 6.07 Å². The van der Waals surface area contributed by atoms with Gasteiger partial charge in [0.15, 0.2) is 0 Å². The fourth-order valence-corrected chi connectivity index (χ4v) is 3.26. The minimum atomic E-state index is 0.264. The van der Waals surface area contributed by atoms with Crippen molar-refractivity contribution in [2.45, 2.75) is 25.2 Å². The van der Waals surface area contributed by atoms with Gasteiger partial charge in [-0.1, -0.05) is 18.2 Å². The van der Waals surface area contributed by atoms with Crippen LogP contribution in [0.15, 0.2) is 24.3 Å². The number of hydrogen-bond acceptors (Lipinski definition) is 2. The van der Waals surface area contributed by atoms with Crippen LogP contribution in [0.3, 0.4) is 0 Å². The van der Waals surface area contributed by atoms with E-state index in [9.17, 15) is 4.79 Å². The Labute approximate surface area is 89.5 Å². The van der Waals surface area contributed by atoms with Gasteiger partial charge in [-0.2, -0.15) is 0 Å². The Balaban J connectivity index is 1.97. The van der Waals surface area contributed by atoms with Gasteiger partial charge in [0.1, 0.15) is 5.78 Å². The van der Waals surface area contributed by atoms with Crippen molar-refractivity contribution in [3.63, 3.8) is 0 Å². The predicted octanol–water partition coefficient (Wildman–Crippen LogP) is 2.35. The molecule has 1 aromatic carbocycles. The van der Waals surface area contributed by atoms with E-state index in [0.29, 0.717) is 17.6 Å². The summed E-state index contributed by atoms with van der Waals surface area (Å²) in [4.78, 5) is 11.8. The van der Waals surface area contributed by atoms with Crippen molar-refractivity contribution in [3.8, 4) is 0 Å². The van der Waals surface area contributed by atoms with Crippen LogP contribution in [0, 0.1) is 11.8 Å². The number of nitrogens with two attached hydrogens (primary N) is 1. The number of carbonyl (C=O) groups excluding carboxylic acids is 1. The van der Waals surface area contributed by atoms with Crippen molar-refractivity contribution in [1.29, 1.82) is 0 Å². The highest BCUT2D eigenvalue weighted by Crippen LogP contribution is 2.51. The smallest absolute Gasteiger partial charge is 0.139 e. The largest absolute Gasteiger partial charge is 0.398 e. The molecule has 0 amide bonds. The molecule has 2 nitrogen and oxygen atoms in total. The van der Waals surface area contributed by atoms with Crippen molar-refractivity contribution in [2.24, 2.45) is 11.8 Å². The number of benzene rings is 1. The lowest BCUT2D eigenvalue weighted by molar-refractivity contribution is -0.121. The molecule has 2 heteroatoms. The molecule has 2 aliphatic carbocycles. The summed E-state index contributed by atoms with van der Waals surface area (Å²) in [5.74, 6) is 1.49. The van der Waals surface area contributed by atoms with E-state index in [-0.39, 0.29) is 5.92 Å². The third-order valence-corrected chi connectivity index (χ3v) is 4.01. The second-order valence-electron chi connectivity index (χ2n) is 4.75. The van der Waals surface area contributed by atoms with Gasteiger partial charge in [0.05, 0.1) is 0 Å². The maximum Gasteiger partial charge on any atom is 0.139 e. The zero-order valence-electron chi connectivity index (χ0n) is 8.65. The van der Waals surface area contributed by atoms with E-state index in [1.165, 1.54) is 5.56 Å². The van der Waals surface area contributed by atoms with E-state index >= 15 is 0 Å². The molecular weight excluding hydrogens is 186 g/mol. The first kappa shape index (κ1) is 8.96. The topological polar surface area (TPSA) is 43.1 Å². The maximum absolute atomic E-state index is 11.8. The number of carbonyl (C=O) groups is 1. The van der Waals surface area contributed by atoms with Gasteiger partial charge < -0.3 is 5.73 Å². The lowest BCUT2D eigenvalue weighted by Gasteiger charge is -2.21. The molecule has 0 heterocycles. The second-order valence-corrected chi connectivity index (χ2v) is 4.75. The van der Waals surface area contributed by atoms with E-state index in [1.807, 2.05) is 18.2 Å². The Kier molecular flexibility index (Phi) is 1.84. The SMILES string of the molecule is Nc1ccccc1[C@H]1C[C@H]2CC[C@@H]1C2=O. The molecule has 0 aromatic heterocycles. The summed E-state index contributed by atoms with van der Waals surface area (Å²) in [7, 11) is 0.